The predicted octanol–water partition coefficient (Wildman–Crippen LogP) is 0.847. The number of nitrogens with zero attached hydrogens (tertiary/aromatic N) is 1. The minimum absolute atomic E-state index is 0.101. The van der Waals surface area contributed by atoms with Crippen molar-refractivity contribution in [3.8, 4) is 5.75 Å². The van der Waals surface area contributed by atoms with E-state index in [-0.39, 0.29) is 17.8 Å². The molecule has 1 aromatic carbocycles. The second kappa shape index (κ2) is 4.83. The van der Waals surface area contributed by atoms with E-state index in [9.17, 15) is 14.7 Å². The lowest BCUT2D eigenvalue weighted by Gasteiger charge is -2.22. The number of benzene rings is 1. The highest BCUT2D eigenvalue weighted by molar-refractivity contribution is 5.91. The molecule has 4 rings (SSSR count). The highest BCUT2D eigenvalue weighted by Crippen LogP contribution is 2.52. The largest absolute Gasteiger partial charge is 0.508 e. The van der Waals surface area contributed by atoms with Gasteiger partial charge in [0.2, 0.25) is 5.91 Å². The van der Waals surface area contributed by atoms with Crippen LogP contribution in [0.15, 0.2) is 36.4 Å². The third kappa shape index (κ3) is 1.98. The lowest BCUT2D eigenvalue weighted by Crippen LogP contribution is -2.39. The third-order valence-corrected chi connectivity index (χ3v) is 4.94. The summed E-state index contributed by atoms with van der Waals surface area (Å²) in [7, 11) is 1.33. The van der Waals surface area contributed by atoms with Crippen LogP contribution in [0.25, 0.3) is 0 Å². The summed E-state index contributed by atoms with van der Waals surface area (Å²) in [4.78, 5) is 26.6. The number of carbonyl (C=O) groups excluding carboxylic acids is 2. The van der Waals surface area contributed by atoms with Crippen LogP contribution in [0.5, 0.6) is 5.75 Å². The molecule has 1 N–H and O–H groups in total. The Balaban J connectivity index is 1.61. The van der Waals surface area contributed by atoms with Crippen molar-refractivity contribution in [2.45, 2.75) is 18.2 Å². The zero-order chi connectivity index (χ0) is 16.2. The molecular weight excluding hydrogens is 298 g/mol. The molecule has 6 nitrogen and oxygen atoms in total. The fourth-order valence-electron chi connectivity index (χ4n) is 3.99. The number of aromatic hydroxyl groups is 1. The van der Waals surface area contributed by atoms with E-state index in [0.717, 1.165) is 5.56 Å². The van der Waals surface area contributed by atoms with Crippen molar-refractivity contribution in [2.75, 3.05) is 13.7 Å². The molecule has 0 aliphatic carbocycles. The second-order valence-corrected chi connectivity index (χ2v) is 6.29. The topological polar surface area (TPSA) is 76.1 Å². The quantitative estimate of drug-likeness (QED) is 0.661. The highest BCUT2D eigenvalue weighted by Gasteiger charge is 2.67. The summed E-state index contributed by atoms with van der Waals surface area (Å²) in [5.74, 6) is -1.44. The summed E-state index contributed by atoms with van der Waals surface area (Å²) < 4.78 is 10.8. The molecule has 2 bridgehead atoms. The Morgan fingerprint density at radius 3 is 3.09 bits per heavy atom. The summed E-state index contributed by atoms with van der Waals surface area (Å²) in [6.07, 6.45) is 3.38. The Morgan fingerprint density at radius 2 is 2.35 bits per heavy atom. The Kier molecular flexibility index (Phi) is 2.99. The number of ether oxygens (including phenoxy) is 2. The van der Waals surface area contributed by atoms with Gasteiger partial charge in [0.25, 0.3) is 0 Å². The first-order valence-corrected chi connectivity index (χ1v) is 7.56. The zero-order valence-corrected chi connectivity index (χ0v) is 12.6. The average Bonchev–Trinajstić information content (AvgIpc) is 3.15. The van der Waals surface area contributed by atoms with E-state index in [1.54, 1.807) is 23.1 Å². The second-order valence-electron chi connectivity index (χ2n) is 6.29. The van der Waals surface area contributed by atoms with Crippen molar-refractivity contribution in [1.82, 2.24) is 4.90 Å². The first-order valence-electron chi connectivity index (χ1n) is 7.56. The van der Waals surface area contributed by atoms with Gasteiger partial charge in [-0.15, -0.1) is 0 Å². The van der Waals surface area contributed by atoms with Crippen molar-refractivity contribution in [3.05, 3.63) is 42.0 Å². The molecule has 3 aliphatic rings. The van der Waals surface area contributed by atoms with E-state index in [2.05, 4.69) is 0 Å². The molecule has 2 fully saturated rings. The van der Waals surface area contributed by atoms with Crippen molar-refractivity contribution in [2.24, 2.45) is 11.8 Å². The first-order chi connectivity index (χ1) is 11.0. The first kappa shape index (κ1) is 14.3. The van der Waals surface area contributed by atoms with Crippen LogP contribution >= 0.6 is 0 Å². The monoisotopic (exact) mass is 315 g/mol. The van der Waals surface area contributed by atoms with E-state index >= 15 is 0 Å². The van der Waals surface area contributed by atoms with Crippen molar-refractivity contribution >= 4 is 11.9 Å². The fraction of sp³-hybridized carbons (Fsp3) is 0.412. The number of hydrogen-bond acceptors (Lipinski definition) is 5. The number of fused-ring (bicyclic) bond motifs is 1. The van der Waals surface area contributed by atoms with Crippen LogP contribution in [-0.4, -0.2) is 47.2 Å². The van der Waals surface area contributed by atoms with Gasteiger partial charge in [-0.25, -0.2) is 0 Å². The van der Waals surface area contributed by atoms with Gasteiger partial charge in [-0.2, -0.15) is 0 Å². The number of likely N-dealkylation sites (tertiary alicyclic amines) is 1. The number of esters is 1. The van der Waals surface area contributed by atoms with E-state index in [4.69, 9.17) is 9.47 Å². The van der Waals surface area contributed by atoms with Gasteiger partial charge in [0.05, 0.1) is 25.7 Å². The van der Waals surface area contributed by atoms with Gasteiger partial charge in [-0.1, -0.05) is 24.3 Å². The molecule has 1 aromatic rings. The van der Waals surface area contributed by atoms with Gasteiger partial charge >= 0.3 is 5.97 Å². The minimum atomic E-state index is -0.725. The molecule has 0 radical (unpaired) electrons. The Morgan fingerprint density at radius 1 is 1.52 bits per heavy atom. The van der Waals surface area contributed by atoms with E-state index in [0.29, 0.717) is 13.1 Å². The molecule has 1 spiro atoms. The number of amides is 1. The predicted molar refractivity (Wildman–Crippen MR) is 79.3 cm³/mol. The van der Waals surface area contributed by atoms with Crippen molar-refractivity contribution < 1.29 is 24.2 Å². The molecule has 0 unspecified atom stereocenters. The number of carbonyl (C=O) groups is 2. The van der Waals surface area contributed by atoms with E-state index in [1.165, 1.54) is 7.11 Å². The van der Waals surface area contributed by atoms with Crippen molar-refractivity contribution in [3.63, 3.8) is 0 Å². The number of phenols is 1. The maximum Gasteiger partial charge on any atom is 0.312 e. The van der Waals surface area contributed by atoms with Crippen LogP contribution in [0.2, 0.25) is 0 Å². The summed E-state index contributed by atoms with van der Waals surface area (Å²) in [5.41, 5.74) is 0.111. The van der Waals surface area contributed by atoms with Gasteiger partial charge in [0, 0.05) is 6.54 Å². The number of methoxy groups -OCH3 is 1. The van der Waals surface area contributed by atoms with Gasteiger partial charge in [0.15, 0.2) is 0 Å². The van der Waals surface area contributed by atoms with Crippen LogP contribution in [0.3, 0.4) is 0 Å². The average molecular weight is 315 g/mol. The normalized spacial score (nSPS) is 34.0. The molecule has 2 saturated heterocycles. The summed E-state index contributed by atoms with van der Waals surface area (Å²) in [5, 5.41) is 9.56. The molecule has 3 aliphatic heterocycles. The molecule has 1 amide bonds. The SMILES string of the molecule is COC(=O)[C@@H]1[C@H]2C(=O)N(Cc3cccc(O)c3)C[C@@]23C=C[C@H]1O3. The molecule has 120 valence electrons. The standard InChI is InChI=1S/C17H17NO5/c1-22-16(21)13-12-5-6-17(23-12)9-18(15(20)14(13)17)8-10-3-2-4-11(19)7-10/h2-7,12-14,19H,8-9H2,1H3/t12-,13+,14+,17+/m1/s1. The highest BCUT2D eigenvalue weighted by atomic mass is 16.5. The Hall–Kier alpha value is -2.34. The Labute approximate surface area is 133 Å². The molecule has 23 heavy (non-hydrogen) atoms. The lowest BCUT2D eigenvalue weighted by molar-refractivity contribution is -0.151. The van der Waals surface area contributed by atoms with Gasteiger partial charge in [-0.05, 0) is 17.7 Å². The molecule has 0 saturated carbocycles. The third-order valence-electron chi connectivity index (χ3n) is 4.94. The van der Waals surface area contributed by atoms with Crippen LogP contribution in [0.4, 0.5) is 0 Å². The number of phenolic OH excluding ortho intramolecular Hbond substituents is 1. The van der Waals surface area contributed by atoms with Crippen LogP contribution < -0.4 is 0 Å². The lowest BCUT2D eigenvalue weighted by atomic mass is 9.77. The van der Waals surface area contributed by atoms with Gasteiger partial charge < -0.3 is 19.5 Å². The zero-order valence-electron chi connectivity index (χ0n) is 12.6. The molecule has 0 aromatic heterocycles. The molecular formula is C17H17NO5. The van der Waals surface area contributed by atoms with E-state index < -0.39 is 23.4 Å². The summed E-state index contributed by atoms with van der Waals surface area (Å²) in [6.45, 7) is 0.786. The number of hydrogen-bond donors (Lipinski definition) is 1. The smallest absolute Gasteiger partial charge is 0.312 e. The van der Waals surface area contributed by atoms with Crippen LogP contribution in [0, 0.1) is 11.8 Å². The molecule has 6 heteroatoms. The maximum absolute atomic E-state index is 12.8. The number of rotatable bonds is 3. The van der Waals surface area contributed by atoms with Crippen LogP contribution in [-0.2, 0) is 25.6 Å². The Bertz CT molecular complexity index is 715. The molecule has 3 heterocycles. The van der Waals surface area contributed by atoms with Crippen molar-refractivity contribution in [1.29, 1.82) is 0 Å². The van der Waals surface area contributed by atoms with E-state index in [1.807, 2.05) is 18.2 Å². The van der Waals surface area contributed by atoms with Gasteiger partial charge in [0.1, 0.15) is 17.3 Å². The maximum atomic E-state index is 12.8. The summed E-state index contributed by atoms with van der Waals surface area (Å²) >= 11 is 0. The van der Waals surface area contributed by atoms with Crippen LogP contribution in [0.1, 0.15) is 5.56 Å². The van der Waals surface area contributed by atoms with Gasteiger partial charge in [-0.3, -0.25) is 9.59 Å². The fourth-order valence-corrected chi connectivity index (χ4v) is 3.99. The molecule has 4 atom stereocenters. The summed E-state index contributed by atoms with van der Waals surface area (Å²) in [6, 6.07) is 6.81. The minimum Gasteiger partial charge on any atom is -0.508 e.